The molecule has 11 heteroatoms. The fourth-order valence-corrected chi connectivity index (χ4v) is 3.89. The summed E-state index contributed by atoms with van der Waals surface area (Å²) in [6, 6.07) is 16.4. The van der Waals surface area contributed by atoms with Crippen molar-refractivity contribution in [2.45, 2.75) is 26.0 Å². The zero-order valence-electron chi connectivity index (χ0n) is 18.4. The number of aryl methyl sites for hydroxylation is 2. The van der Waals surface area contributed by atoms with Crippen LogP contribution in [0.4, 0.5) is 14.6 Å². The maximum atomic E-state index is 13.3. The molecule has 0 amide bonds. The normalized spacial score (nSPS) is 13.0. The summed E-state index contributed by atoms with van der Waals surface area (Å²) in [6.45, 7) is -0.488. The maximum Gasteiger partial charge on any atom is 0.285 e. The van der Waals surface area contributed by atoms with Crippen molar-refractivity contribution >= 4 is 13.6 Å². The van der Waals surface area contributed by atoms with Gasteiger partial charge in [-0.05, 0) is 53.8 Å². The van der Waals surface area contributed by atoms with Crippen LogP contribution in [0.5, 0.6) is 0 Å². The second-order valence-corrected chi connectivity index (χ2v) is 9.15. The van der Waals surface area contributed by atoms with Crippen LogP contribution in [0.2, 0.25) is 0 Å². The van der Waals surface area contributed by atoms with Gasteiger partial charge in [0.05, 0.1) is 11.9 Å². The third-order valence-corrected chi connectivity index (χ3v) is 5.77. The average Bonchev–Trinajstić information content (AvgIpc) is 3.25. The number of nitrogens with zero attached hydrogens (tertiary/aromatic N) is 2. The molecule has 35 heavy (non-hydrogen) atoms. The van der Waals surface area contributed by atoms with Crippen molar-refractivity contribution in [3.8, 4) is 11.3 Å². The molecule has 8 nitrogen and oxygen atoms in total. The Morgan fingerprint density at radius 2 is 1.69 bits per heavy atom. The van der Waals surface area contributed by atoms with Gasteiger partial charge in [-0.25, -0.2) is 13.3 Å². The van der Waals surface area contributed by atoms with Gasteiger partial charge in [0, 0.05) is 18.6 Å². The third-order valence-electron chi connectivity index (χ3n) is 5.33. The number of anilines is 1. The Labute approximate surface area is 199 Å². The zero-order chi connectivity index (χ0) is 25.0. The summed E-state index contributed by atoms with van der Waals surface area (Å²) in [4.78, 5) is 19.6. The van der Waals surface area contributed by atoms with Crippen molar-refractivity contribution in [2.75, 3.05) is 5.73 Å². The fourth-order valence-electron chi connectivity index (χ4n) is 3.62. The molecule has 2 aromatic heterocycles. The van der Waals surface area contributed by atoms with Crippen LogP contribution in [0.25, 0.3) is 11.3 Å². The molecule has 0 saturated heterocycles. The summed E-state index contributed by atoms with van der Waals surface area (Å²) >= 11 is 0. The van der Waals surface area contributed by atoms with Gasteiger partial charge < -0.3 is 14.3 Å². The Morgan fingerprint density at radius 1 is 1.03 bits per heavy atom. The Balaban J connectivity index is 1.40. The number of benzene rings is 2. The number of rotatable bonds is 9. The Bertz CT molecular complexity index is 1350. The first kappa shape index (κ1) is 24.7. The summed E-state index contributed by atoms with van der Waals surface area (Å²) in [5.41, 5.74) is 9.87. The maximum absolute atomic E-state index is 13.3. The van der Waals surface area contributed by atoms with Gasteiger partial charge in [-0.1, -0.05) is 29.4 Å². The van der Waals surface area contributed by atoms with Gasteiger partial charge in [0.1, 0.15) is 17.2 Å². The van der Waals surface area contributed by atoms with Gasteiger partial charge in [0.25, 0.3) is 13.6 Å². The highest BCUT2D eigenvalue weighted by atomic mass is 31.2. The Kier molecular flexibility index (Phi) is 7.37. The van der Waals surface area contributed by atoms with Gasteiger partial charge in [-0.2, -0.15) is 0 Å². The number of aromatic nitrogens is 2. The van der Waals surface area contributed by atoms with Crippen LogP contribution in [0.1, 0.15) is 22.4 Å². The molecule has 2 aromatic carbocycles. The topological polar surface area (TPSA) is 126 Å². The van der Waals surface area contributed by atoms with Crippen LogP contribution >= 0.6 is 7.82 Å². The van der Waals surface area contributed by atoms with Crippen LogP contribution in [-0.4, -0.2) is 10.1 Å². The predicted molar refractivity (Wildman–Crippen MR) is 120 cm³/mol. The molecule has 0 aliphatic rings. The largest absolute Gasteiger partial charge is 0.756 e. The molecule has 0 aliphatic heterocycles. The van der Waals surface area contributed by atoms with Gasteiger partial charge in [0.2, 0.25) is 0 Å². The van der Waals surface area contributed by atoms with Crippen molar-refractivity contribution in [1.29, 1.82) is 0 Å². The van der Waals surface area contributed by atoms with Crippen molar-refractivity contribution in [2.24, 2.45) is 0 Å². The molecule has 0 aliphatic carbocycles. The number of phosphoric ester groups is 1. The molecular weight excluding hydrogens is 479 g/mol. The van der Waals surface area contributed by atoms with E-state index in [1.54, 1.807) is 18.2 Å². The van der Waals surface area contributed by atoms with Crippen molar-refractivity contribution in [3.05, 3.63) is 101 Å². The first-order chi connectivity index (χ1) is 16.7. The number of halogens is 2. The Hall–Kier alpha value is -3.43. The minimum Gasteiger partial charge on any atom is -0.756 e. The van der Waals surface area contributed by atoms with Crippen molar-refractivity contribution in [3.63, 3.8) is 0 Å². The van der Waals surface area contributed by atoms with E-state index in [0.29, 0.717) is 41.8 Å². The molecule has 0 bridgehead atoms. The van der Waals surface area contributed by atoms with E-state index in [9.17, 15) is 18.2 Å². The van der Waals surface area contributed by atoms with Crippen LogP contribution in [-0.2, 0) is 35.1 Å². The van der Waals surface area contributed by atoms with Gasteiger partial charge >= 0.3 is 0 Å². The molecule has 4 aromatic rings. The predicted octanol–water partition coefficient (Wildman–Crippen LogP) is 3.30. The lowest BCUT2D eigenvalue weighted by atomic mass is 10.0. The SMILES string of the molecule is Nc1c(-c2cc(Cc3ccc(CCc4cc(F)cc(F)c4)cc3)no2)ccc[n+]1COP(=O)([O-])O. The minimum absolute atomic E-state index is 0.172. The average molecular weight is 501 g/mol. The monoisotopic (exact) mass is 501 g/mol. The molecule has 2 heterocycles. The lowest BCUT2D eigenvalue weighted by Crippen LogP contribution is -2.38. The molecule has 0 fully saturated rings. The number of phosphoric acid groups is 1. The molecule has 182 valence electrons. The van der Waals surface area contributed by atoms with Gasteiger partial charge in [-0.15, -0.1) is 0 Å². The van der Waals surface area contributed by atoms with E-state index in [4.69, 9.17) is 15.2 Å². The van der Waals surface area contributed by atoms with Crippen LogP contribution in [0.15, 0.2) is 71.4 Å². The summed E-state index contributed by atoms with van der Waals surface area (Å²) in [5.74, 6) is -0.603. The standard InChI is InChI=1S/C24H22F2N3O5P/c25-19-10-18(11-20(26)13-19)8-5-16-3-6-17(7-4-16)12-21-14-23(34-28-21)22-2-1-9-29(24(22)27)15-33-35(30,31)32/h1-4,6-7,9-11,13-14,27H,5,8,12,15H2,(H2,30,31,32). The van der Waals surface area contributed by atoms with E-state index in [-0.39, 0.29) is 5.82 Å². The highest BCUT2D eigenvalue weighted by molar-refractivity contribution is 7.44. The number of hydrogen-bond acceptors (Lipinski definition) is 6. The van der Waals surface area contributed by atoms with Gasteiger partial charge in [0.15, 0.2) is 12.5 Å². The summed E-state index contributed by atoms with van der Waals surface area (Å²) in [5, 5.41) is 4.08. The number of pyridine rings is 1. The first-order valence-corrected chi connectivity index (χ1v) is 12.1. The van der Waals surface area contributed by atoms with Gasteiger partial charge in [-0.3, -0.25) is 14.8 Å². The molecule has 0 saturated carbocycles. The molecule has 4 rings (SSSR count). The fraction of sp³-hybridized carbons (Fsp3) is 0.167. The van der Waals surface area contributed by atoms with E-state index >= 15 is 0 Å². The minimum atomic E-state index is -4.89. The Morgan fingerprint density at radius 3 is 2.37 bits per heavy atom. The molecule has 1 unspecified atom stereocenters. The first-order valence-electron chi connectivity index (χ1n) is 10.6. The van der Waals surface area contributed by atoms with Crippen LogP contribution < -0.4 is 15.2 Å². The summed E-state index contributed by atoms with van der Waals surface area (Å²) < 4.78 is 48.7. The second kappa shape index (κ2) is 10.5. The second-order valence-electron chi connectivity index (χ2n) is 7.96. The lowest BCUT2D eigenvalue weighted by Gasteiger charge is -2.14. The highest BCUT2D eigenvalue weighted by Crippen LogP contribution is 2.30. The summed E-state index contributed by atoms with van der Waals surface area (Å²) in [6.07, 6.45) is 3.16. The summed E-state index contributed by atoms with van der Waals surface area (Å²) in [7, 11) is -4.89. The molecule has 3 N–H and O–H groups in total. The van der Waals surface area contributed by atoms with E-state index in [2.05, 4.69) is 9.68 Å². The van der Waals surface area contributed by atoms with E-state index in [1.807, 2.05) is 24.3 Å². The van der Waals surface area contributed by atoms with E-state index in [0.717, 1.165) is 17.2 Å². The number of hydrogen-bond donors (Lipinski definition) is 2. The zero-order valence-corrected chi connectivity index (χ0v) is 19.3. The highest BCUT2D eigenvalue weighted by Gasteiger charge is 2.18. The third kappa shape index (κ3) is 6.80. The molecule has 0 radical (unpaired) electrons. The smallest absolute Gasteiger partial charge is 0.285 e. The number of nitrogen functional groups attached to an aromatic ring is 1. The van der Waals surface area contributed by atoms with Crippen LogP contribution in [0.3, 0.4) is 0 Å². The number of nitrogens with two attached hydrogens (primary N) is 1. The van der Waals surface area contributed by atoms with E-state index in [1.165, 1.54) is 22.9 Å². The lowest BCUT2D eigenvalue weighted by molar-refractivity contribution is -0.712. The quantitative estimate of drug-likeness (QED) is 0.266. The molecular formula is C24H22F2N3O5P. The van der Waals surface area contributed by atoms with Crippen LogP contribution in [0, 0.1) is 11.6 Å². The van der Waals surface area contributed by atoms with E-state index < -0.39 is 26.2 Å². The van der Waals surface area contributed by atoms with Crippen molar-refractivity contribution < 1.29 is 36.7 Å². The molecule has 1 atom stereocenters. The van der Waals surface area contributed by atoms with Crippen molar-refractivity contribution in [1.82, 2.24) is 5.16 Å². The molecule has 0 spiro atoms.